The van der Waals surface area contributed by atoms with Gasteiger partial charge < -0.3 is 10.5 Å². The number of piperidine rings is 1. The lowest BCUT2D eigenvalue weighted by Gasteiger charge is -2.43. The monoisotopic (exact) mass is 214 g/mol. The highest BCUT2D eigenvalue weighted by atomic mass is 16.5. The predicted molar refractivity (Wildman–Crippen MR) is 59.5 cm³/mol. The maximum absolute atomic E-state index is 11.2. The maximum Gasteiger partial charge on any atom is 0.323 e. The van der Waals surface area contributed by atoms with E-state index in [1.54, 1.807) is 0 Å². The molecule has 4 nitrogen and oxygen atoms in total. The van der Waals surface area contributed by atoms with Crippen molar-refractivity contribution in [2.24, 2.45) is 5.73 Å². The Balaban J connectivity index is 2.52. The quantitative estimate of drug-likeness (QED) is 0.704. The first-order valence-corrected chi connectivity index (χ1v) is 5.56. The van der Waals surface area contributed by atoms with Crippen LogP contribution in [0.3, 0.4) is 0 Å². The summed E-state index contributed by atoms with van der Waals surface area (Å²) in [5.41, 5.74) is 5.92. The van der Waals surface area contributed by atoms with Gasteiger partial charge in [0, 0.05) is 12.1 Å². The second kappa shape index (κ2) is 4.94. The summed E-state index contributed by atoms with van der Waals surface area (Å²) in [4.78, 5) is 13.5. The van der Waals surface area contributed by atoms with Crippen LogP contribution in [-0.4, -0.2) is 42.6 Å². The van der Waals surface area contributed by atoms with Crippen LogP contribution < -0.4 is 5.73 Å². The van der Waals surface area contributed by atoms with Gasteiger partial charge >= 0.3 is 5.97 Å². The third-order valence-electron chi connectivity index (χ3n) is 3.24. The molecule has 4 heteroatoms. The Morgan fingerprint density at radius 2 is 2.20 bits per heavy atom. The van der Waals surface area contributed by atoms with Crippen molar-refractivity contribution in [2.75, 3.05) is 20.2 Å². The van der Waals surface area contributed by atoms with Crippen LogP contribution in [-0.2, 0) is 9.53 Å². The Kier molecular flexibility index (Phi) is 4.11. The van der Waals surface area contributed by atoms with E-state index in [0.717, 1.165) is 6.54 Å². The second-order valence-corrected chi connectivity index (χ2v) is 4.85. The van der Waals surface area contributed by atoms with Crippen LogP contribution in [0.4, 0.5) is 0 Å². The molecule has 88 valence electrons. The maximum atomic E-state index is 11.2. The second-order valence-electron chi connectivity index (χ2n) is 4.85. The molecule has 1 atom stereocenters. The average Bonchev–Trinajstić information content (AvgIpc) is 2.19. The number of hydrogen-bond donors (Lipinski definition) is 1. The van der Waals surface area contributed by atoms with E-state index in [1.807, 2.05) is 0 Å². The number of carbonyl (C=O) groups is 1. The SMILES string of the molecule is COC(=O)C(N)CN1CCCCC1(C)C. The summed E-state index contributed by atoms with van der Waals surface area (Å²) in [6.07, 6.45) is 3.62. The molecule has 0 radical (unpaired) electrons. The number of hydrogen-bond acceptors (Lipinski definition) is 4. The van der Waals surface area contributed by atoms with E-state index in [0.29, 0.717) is 6.54 Å². The molecule has 0 aromatic carbocycles. The standard InChI is InChI=1S/C11H22N2O2/c1-11(2)6-4-5-7-13(11)8-9(12)10(14)15-3/h9H,4-8,12H2,1-3H3. The van der Waals surface area contributed by atoms with E-state index in [4.69, 9.17) is 5.73 Å². The van der Waals surface area contributed by atoms with Crippen molar-refractivity contribution < 1.29 is 9.53 Å². The summed E-state index contributed by atoms with van der Waals surface area (Å²) in [6, 6.07) is -0.521. The van der Waals surface area contributed by atoms with Gasteiger partial charge in [-0.1, -0.05) is 6.42 Å². The smallest absolute Gasteiger partial charge is 0.323 e. The van der Waals surface area contributed by atoms with E-state index >= 15 is 0 Å². The molecular formula is C11H22N2O2. The molecule has 1 saturated heterocycles. The van der Waals surface area contributed by atoms with Gasteiger partial charge in [0.05, 0.1) is 7.11 Å². The van der Waals surface area contributed by atoms with Crippen LogP contribution >= 0.6 is 0 Å². The molecular weight excluding hydrogens is 192 g/mol. The Morgan fingerprint density at radius 1 is 1.53 bits per heavy atom. The zero-order valence-corrected chi connectivity index (χ0v) is 9.95. The Labute approximate surface area is 91.8 Å². The molecule has 0 spiro atoms. The van der Waals surface area contributed by atoms with Gasteiger partial charge in [-0.25, -0.2) is 0 Å². The minimum Gasteiger partial charge on any atom is -0.468 e. The number of esters is 1. The average molecular weight is 214 g/mol. The third kappa shape index (κ3) is 3.18. The topological polar surface area (TPSA) is 55.6 Å². The van der Waals surface area contributed by atoms with Crippen molar-refractivity contribution in [3.8, 4) is 0 Å². The largest absolute Gasteiger partial charge is 0.468 e. The van der Waals surface area contributed by atoms with Crippen molar-refractivity contribution in [3.63, 3.8) is 0 Å². The van der Waals surface area contributed by atoms with Crippen LogP contribution in [0.5, 0.6) is 0 Å². The minimum absolute atomic E-state index is 0.157. The zero-order chi connectivity index (χ0) is 11.5. The number of methoxy groups -OCH3 is 1. The van der Waals surface area contributed by atoms with Gasteiger partial charge in [0.1, 0.15) is 6.04 Å². The predicted octanol–water partition coefficient (Wildman–Crippen LogP) is 0.751. The molecule has 1 aliphatic heterocycles. The molecule has 0 bridgehead atoms. The molecule has 0 saturated carbocycles. The molecule has 1 unspecified atom stereocenters. The van der Waals surface area contributed by atoms with Gasteiger partial charge in [-0.3, -0.25) is 9.69 Å². The molecule has 1 fully saturated rings. The van der Waals surface area contributed by atoms with Crippen molar-refractivity contribution in [2.45, 2.75) is 44.7 Å². The van der Waals surface area contributed by atoms with E-state index < -0.39 is 6.04 Å². The molecule has 0 amide bonds. The van der Waals surface area contributed by atoms with Crippen molar-refractivity contribution in [3.05, 3.63) is 0 Å². The number of ether oxygens (including phenoxy) is 1. The van der Waals surface area contributed by atoms with Crippen LogP contribution in [0.25, 0.3) is 0 Å². The fourth-order valence-corrected chi connectivity index (χ4v) is 2.12. The lowest BCUT2D eigenvalue weighted by Crippen LogP contribution is -2.53. The molecule has 0 aromatic rings. The summed E-state index contributed by atoms with van der Waals surface area (Å²) in [5.74, 6) is -0.323. The van der Waals surface area contributed by atoms with Gasteiger partial charge in [0.2, 0.25) is 0 Å². The number of likely N-dealkylation sites (tertiary alicyclic amines) is 1. The zero-order valence-electron chi connectivity index (χ0n) is 9.95. The van der Waals surface area contributed by atoms with Gasteiger partial charge in [-0.05, 0) is 33.2 Å². The van der Waals surface area contributed by atoms with Gasteiger partial charge in [-0.15, -0.1) is 0 Å². The summed E-state index contributed by atoms with van der Waals surface area (Å²) in [7, 11) is 1.38. The molecule has 0 aliphatic carbocycles. The van der Waals surface area contributed by atoms with Crippen LogP contribution in [0, 0.1) is 0 Å². The minimum atomic E-state index is -0.521. The van der Waals surface area contributed by atoms with Crippen LogP contribution in [0.2, 0.25) is 0 Å². The number of nitrogens with two attached hydrogens (primary N) is 1. The first-order valence-electron chi connectivity index (χ1n) is 5.56. The Bertz CT molecular complexity index is 229. The van der Waals surface area contributed by atoms with Crippen LogP contribution in [0.15, 0.2) is 0 Å². The van der Waals surface area contributed by atoms with Gasteiger partial charge in [0.25, 0.3) is 0 Å². The molecule has 0 aromatic heterocycles. The highest BCUT2D eigenvalue weighted by Crippen LogP contribution is 2.26. The summed E-state index contributed by atoms with van der Waals surface area (Å²) in [6.45, 7) is 6.03. The Morgan fingerprint density at radius 3 is 2.73 bits per heavy atom. The summed E-state index contributed by atoms with van der Waals surface area (Å²) >= 11 is 0. The Hall–Kier alpha value is -0.610. The van der Waals surface area contributed by atoms with Crippen LogP contribution in [0.1, 0.15) is 33.1 Å². The molecule has 2 N–H and O–H groups in total. The van der Waals surface area contributed by atoms with E-state index in [-0.39, 0.29) is 11.5 Å². The summed E-state index contributed by atoms with van der Waals surface area (Å²) in [5, 5.41) is 0. The lowest BCUT2D eigenvalue weighted by atomic mass is 9.90. The first-order chi connectivity index (χ1) is 6.97. The first kappa shape index (κ1) is 12.5. The highest BCUT2D eigenvalue weighted by molar-refractivity contribution is 5.75. The molecule has 1 heterocycles. The molecule has 1 rings (SSSR count). The number of carbonyl (C=O) groups excluding carboxylic acids is 1. The van der Waals surface area contributed by atoms with Crippen molar-refractivity contribution >= 4 is 5.97 Å². The van der Waals surface area contributed by atoms with Crippen molar-refractivity contribution in [1.82, 2.24) is 4.90 Å². The van der Waals surface area contributed by atoms with Gasteiger partial charge in [0.15, 0.2) is 0 Å². The van der Waals surface area contributed by atoms with Gasteiger partial charge in [-0.2, -0.15) is 0 Å². The number of rotatable bonds is 3. The number of nitrogens with zero attached hydrogens (tertiary/aromatic N) is 1. The van der Waals surface area contributed by atoms with E-state index in [2.05, 4.69) is 23.5 Å². The molecule has 1 aliphatic rings. The molecule has 15 heavy (non-hydrogen) atoms. The van der Waals surface area contributed by atoms with E-state index in [1.165, 1.54) is 26.4 Å². The highest BCUT2D eigenvalue weighted by Gasteiger charge is 2.31. The fraction of sp³-hybridized carbons (Fsp3) is 0.909. The van der Waals surface area contributed by atoms with E-state index in [9.17, 15) is 4.79 Å². The summed E-state index contributed by atoms with van der Waals surface area (Å²) < 4.78 is 4.63. The fourth-order valence-electron chi connectivity index (χ4n) is 2.12. The third-order valence-corrected chi connectivity index (χ3v) is 3.24. The van der Waals surface area contributed by atoms with Crippen molar-refractivity contribution in [1.29, 1.82) is 0 Å². The normalized spacial score (nSPS) is 23.5. The lowest BCUT2D eigenvalue weighted by molar-refractivity contribution is -0.143.